The van der Waals surface area contributed by atoms with Crippen LogP contribution in [-0.4, -0.2) is 263 Å². The van der Waals surface area contributed by atoms with E-state index in [2.05, 4.69) is 22.0 Å². The zero-order valence-corrected chi connectivity index (χ0v) is 62.1. The lowest BCUT2D eigenvalue weighted by Crippen LogP contribution is -2.65. The minimum Gasteiger partial charge on any atom is -0.343 e. The van der Waals surface area contributed by atoms with Gasteiger partial charge in [-0.05, 0) is 132 Å². The molecule has 0 aromatic carbocycles. The van der Waals surface area contributed by atoms with E-state index in [-0.39, 0.29) is 94.4 Å². The van der Waals surface area contributed by atoms with Crippen molar-refractivity contribution in [3.63, 3.8) is 0 Å². The summed E-state index contributed by atoms with van der Waals surface area (Å²) in [5.74, 6) is -11.9. The topological polar surface area (TPSA) is 294 Å². The molecule has 0 aromatic rings. The highest BCUT2D eigenvalue weighted by molar-refractivity contribution is 6.21. The lowest BCUT2D eigenvalue weighted by Gasteiger charge is -2.42. The van der Waals surface area contributed by atoms with Crippen molar-refractivity contribution in [3.05, 3.63) is 0 Å². The van der Waals surface area contributed by atoms with E-state index in [1.54, 1.807) is 25.7 Å². The molecular weight excluding hydrogens is 1320 g/mol. The Morgan fingerprint density at radius 2 is 1.26 bits per heavy atom. The summed E-state index contributed by atoms with van der Waals surface area (Å²) < 4.78 is 42.0. The molecule has 6 aliphatic rings. The number of nitrogens with zero attached hydrogens (tertiary/aromatic N) is 10. The fourth-order valence-corrected chi connectivity index (χ4v) is 16.3. The third-order valence-electron chi connectivity index (χ3n) is 22.2. The van der Waals surface area contributed by atoms with E-state index in [4.69, 9.17) is 11.6 Å². The molecule has 3 aliphatic carbocycles. The average molecular weight is 1430 g/mol. The second-order valence-electron chi connectivity index (χ2n) is 30.4. The van der Waals surface area contributed by atoms with E-state index in [1.807, 2.05) is 20.8 Å². The van der Waals surface area contributed by atoms with Gasteiger partial charge >= 0.3 is 6.18 Å². The number of halogens is 4. The number of nitriles is 1. The average Bonchev–Trinajstić information content (AvgIpc) is 1.59. The molecule has 562 valence electrons. The SMILES string of the molecule is CC[C@H](C)[C@@H]1NC(=O)[C@H](CC(C)C)N(C)C(=O)C[C@@H](C(=O)N2CCCCC2)N(C)C(=O)[C@H](C(C)C)N(C)C(=O)C2(CCCC2)NC(=O)[C@@H]2CCCN2C(=O)[C@H](CCC2CCC(C(F)(F)F)C(Cl)C2)NC(=O)CN(C)C(=O)[C@H](CC2CCCC(C#N)C2)N(C)C(=O)CN(C)C(=O)CN(C)C1=O. The first-order valence-corrected chi connectivity index (χ1v) is 36.8. The van der Waals surface area contributed by atoms with Crippen molar-refractivity contribution < 1.29 is 70.7 Å². The number of nitrogens with one attached hydrogen (secondary N) is 3. The van der Waals surface area contributed by atoms with E-state index in [9.17, 15) is 56.8 Å². The zero-order valence-electron chi connectivity index (χ0n) is 61.3. The Hall–Kier alpha value is -6.79. The molecule has 6 rings (SSSR count). The van der Waals surface area contributed by atoms with Crippen molar-refractivity contribution in [1.29, 1.82) is 5.26 Å². The summed E-state index contributed by atoms with van der Waals surface area (Å²) in [6.07, 6.45) is 1.85. The van der Waals surface area contributed by atoms with Gasteiger partial charge in [-0.2, -0.15) is 18.4 Å². The van der Waals surface area contributed by atoms with Crippen LogP contribution in [0.5, 0.6) is 0 Å². The van der Waals surface area contributed by atoms with Gasteiger partial charge in [0.25, 0.3) is 0 Å². The molecule has 0 aromatic heterocycles. The van der Waals surface area contributed by atoms with Gasteiger partial charge in [-0.15, -0.1) is 11.6 Å². The molecule has 3 heterocycles. The van der Waals surface area contributed by atoms with Crippen LogP contribution in [0.2, 0.25) is 0 Å². The summed E-state index contributed by atoms with van der Waals surface area (Å²) in [6, 6.07) is -6.56. The number of likely N-dealkylation sites (N-methyl/N-ethyl adjacent to an activating group) is 7. The second kappa shape index (κ2) is 36.4. The summed E-state index contributed by atoms with van der Waals surface area (Å²) in [6.45, 7) is 9.75. The first-order chi connectivity index (χ1) is 47.0. The summed E-state index contributed by atoms with van der Waals surface area (Å²) in [7, 11) is 9.76. The van der Waals surface area contributed by atoms with Crippen molar-refractivity contribution in [1.82, 2.24) is 60.0 Å². The van der Waals surface area contributed by atoms with Gasteiger partial charge < -0.3 is 60.0 Å². The fraction of sp³-hybridized carbons (Fsp3) is 0.817. The third kappa shape index (κ3) is 20.7. The molecule has 100 heavy (non-hydrogen) atoms. The molecule has 0 radical (unpaired) electrons. The largest absolute Gasteiger partial charge is 0.393 e. The smallest absolute Gasteiger partial charge is 0.343 e. The first kappa shape index (κ1) is 82.2. The molecule has 3 aliphatic heterocycles. The Morgan fingerprint density at radius 1 is 0.630 bits per heavy atom. The van der Waals surface area contributed by atoms with Crippen LogP contribution < -0.4 is 16.0 Å². The molecule has 13 atom stereocenters. The van der Waals surface area contributed by atoms with Crippen LogP contribution in [0.3, 0.4) is 0 Å². The lowest BCUT2D eigenvalue weighted by atomic mass is 9.78. The van der Waals surface area contributed by atoms with Crippen LogP contribution in [0.4, 0.5) is 13.2 Å². The van der Waals surface area contributed by atoms with Gasteiger partial charge in [0.15, 0.2) is 0 Å². The quantitative estimate of drug-likeness (QED) is 0.221. The molecular formula is C71H113ClF3N13O12. The highest BCUT2D eigenvalue weighted by Gasteiger charge is 2.52. The second-order valence-corrected chi connectivity index (χ2v) is 31.0. The Bertz CT molecular complexity index is 2980. The van der Waals surface area contributed by atoms with Crippen LogP contribution in [0.15, 0.2) is 0 Å². The van der Waals surface area contributed by atoms with Crippen LogP contribution in [0, 0.1) is 52.8 Å². The van der Waals surface area contributed by atoms with Gasteiger partial charge in [-0.3, -0.25) is 57.5 Å². The van der Waals surface area contributed by atoms with E-state index < -0.39 is 174 Å². The maximum atomic E-state index is 15.4. The zero-order chi connectivity index (χ0) is 74.4. The summed E-state index contributed by atoms with van der Waals surface area (Å²) >= 11 is 6.39. The minimum absolute atomic E-state index is 0.0195. The number of amides is 12. The highest BCUT2D eigenvalue weighted by Crippen LogP contribution is 2.44. The van der Waals surface area contributed by atoms with Crippen LogP contribution in [0.25, 0.3) is 0 Å². The Morgan fingerprint density at radius 3 is 1.86 bits per heavy atom. The molecule has 3 N–H and O–H groups in total. The Kier molecular flexibility index (Phi) is 29.9. The summed E-state index contributed by atoms with van der Waals surface area (Å²) in [5.41, 5.74) is -1.58. The molecule has 3 saturated heterocycles. The molecule has 5 unspecified atom stereocenters. The maximum absolute atomic E-state index is 15.4. The molecule has 6 fully saturated rings. The van der Waals surface area contributed by atoms with E-state index in [0.717, 1.165) is 21.1 Å². The number of carbonyl (C=O) groups excluding carboxylic acids is 12. The lowest BCUT2D eigenvalue weighted by molar-refractivity contribution is -0.182. The molecule has 0 bridgehead atoms. The number of piperidine rings is 1. The molecule has 12 amide bonds. The predicted molar refractivity (Wildman–Crippen MR) is 367 cm³/mol. The number of carbonyl (C=O) groups is 12. The number of rotatable bonds is 11. The van der Waals surface area contributed by atoms with Crippen molar-refractivity contribution >= 4 is 82.5 Å². The minimum atomic E-state index is -4.52. The normalized spacial score (nSPS) is 30.3. The number of hydrogen-bond donors (Lipinski definition) is 3. The van der Waals surface area contributed by atoms with Crippen LogP contribution in [0.1, 0.15) is 183 Å². The maximum Gasteiger partial charge on any atom is 0.393 e. The standard InChI is InChI=1S/C71H113ClF3N13O12/c1-14-45(6)60-67(98)82(9)41-58(91)80(7)42-59(92)84(11)54(37-47-22-20-23-48(35-47)39-76)65(96)81(8)40-56(89)77-51(28-26-46-25-27-49(50(72)36-46)71(73,74)75)64(95)88-33-21-24-52(88)63(94)79-70(29-16-17-30-70)69(100)86(13)61(44(4)5)68(99)85(12)55(66(97)87-31-18-15-19-32-87)38-57(90)83(10)53(34-43(2)3)62(93)78-60/h43-55,60-61H,14-38,40-42H2,1-13H3,(H,77,89)(H,78,93)(H,79,94)/t45-,46?,47?,48?,49?,50?,51-,52-,53-,54-,55-,60-,61-/m0/s1. The Balaban J connectivity index is 1.41. The predicted octanol–water partition coefficient (Wildman–Crippen LogP) is 5.31. The van der Waals surface area contributed by atoms with Gasteiger partial charge in [0.1, 0.15) is 47.8 Å². The van der Waals surface area contributed by atoms with Crippen LogP contribution >= 0.6 is 11.6 Å². The Labute approximate surface area is 594 Å². The summed E-state index contributed by atoms with van der Waals surface area (Å²) in [4.78, 5) is 190. The fourth-order valence-electron chi connectivity index (χ4n) is 15.8. The number of alkyl halides is 4. The molecule has 29 heteroatoms. The van der Waals surface area contributed by atoms with Crippen molar-refractivity contribution in [3.8, 4) is 6.07 Å². The van der Waals surface area contributed by atoms with Gasteiger partial charge in [0, 0.05) is 80.3 Å². The van der Waals surface area contributed by atoms with Crippen molar-refractivity contribution in [2.45, 2.75) is 242 Å². The van der Waals surface area contributed by atoms with E-state index in [0.29, 0.717) is 77.3 Å². The monoisotopic (exact) mass is 1430 g/mol. The van der Waals surface area contributed by atoms with Gasteiger partial charge in [-0.1, -0.05) is 73.6 Å². The first-order valence-electron chi connectivity index (χ1n) is 36.4. The molecule has 1 spiro atoms. The number of fused-ring (bicyclic) bond motifs is 1. The van der Waals surface area contributed by atoms with Gasteiger partial charge in [0.05, 0.1) is 38.0 Å². The van der Waals surface area contributed by atoms with Crippen molar-refractivity contribution in [2.24, 2.45) is 41.4 Å². The van der Waals surface area contributed by atoms with Crippen molar-refractivity contribution in [2.75, 3.05) is 88.6 Å². The third-order valence-corrected chi connectivity index (χ3v) is 22.7. The van der Waals surface area contributed by atoms with E-state index in [1.165, 1.54) is 73.8 Å². The van der Waals surface area contributed by atoms with E-state index >= 15 is 19.2 Å². The highest BCUT2D eigenvalue weighted by atomic mass is 35.5. The number of hydrogen-bond acceptors (Lipinski definition) is 13. The van der Waals surface area contributed by atoms with Gasteiger partial charge in [-0.25, -0.2) is 0 Å². The molecule has 3 saturated carbocycles. The van der Waals surface area contributed by atoms with Gasteiger partial charge in [0.2, 0.25) is 70.9 Å². The van der Waals surface area contributed by atoms with Crippen LogP contribution in [-0.2, 0) is 57.5 Å². The number of likely N-dealkylation sites (tertiary alicyclic amines) is 1. The molecule has 25 nitrogen and oxygen atoms in total. The summed E-state index contributed by atoms with van der Waals surface area (Å²) in [5, 5.41) is 17.4.